The lowest BCUT2D eigenvalue weighted by molar-refractivity contribution is -0.136. The van der Waals surface area contributed by atoms with Crippen LogP contribution in [0.25, 0.3) is 0 Å². The highest BCUT2D eigenvalue weighted by molar-refractivity contribution is 6.23. The van der Waals surface area contributed by atoms with Gasteiger partial charge in [-0.2, -0.15) is 5.26 Å². The Bertz CT molecular complexity index is 2000. The van der Waals surface area contributed by atoms with Crippen molar-refractivity contribution >= 4 is 29.3 Å². The quantitative estimate of drug-likeness (QED) is 0.237. The van der Waals surface area contributed by atoms with Crippen LogP contribution in [-0.2, 0) is 15.0 Å². The molecular formula is C37H32N6O6. The van der Waals surface area contributed by atoms with E-state index in [0.717, 1.165) is 34.6 Å². The number of amides is 4. The molecule has 1 aliphatic carbocycles. The van der Waals surface area contributed by atoms with E-state index in [-0.39, 0.29) is 47.2 Å². The number of aromatic nitrogens is 2. The fourth-order valence-electron chi connectivity index (χ4n) is 6.38. The maximum absolute atomic E-state index is 13.1. The minimum atomic E-state index is -0.990. The van der Waals surface area contributed by atoms with Gasteiger partial charge in [-0.15, -0.1) is 10.2 Å². The molecule has 3 aromatic carbocycles. The highest BCUT2D eigenvalue weighted by Crippen LogP contribution is 2.36. The Labute approximate surface area is 282 Å². The number of hydrogen-bond acceptors (Lipinski definition) is 10. The van der Waals surface area contributed by atoms with Gasteiger partial charge in [-0.3, -0.25) is 29.4 Å². The number of ether oxygens (including phenoxy) is 2. The molecule has 7 rings (SSSR count). The molecule has 0 spiro atoms. The molecule has 0 bridgehead atoms. The van der Waals surface area contributed by atoms with Gasteiger partial charge in [0.25, 0.3) is 11.8 Å². The molecule has 3 heterocycles. The number of rotatable bonds is 9. The molecule has 49 heavy (non-hydrogen) atoms. The molecule has 1 saturated heterocycles. The van der Waals surface area contributed by atoms with Gasteiger partial charge in [0.2, 0.25) is 17.7 Å². The molecule has 1 aromatic heterocycles. The first-order valence-electron chi connectivity index (χ1n) is 16.0. The molecular weight excluding hydrogens is 624 g/mol. The second kappa shape index (κ2) is 12.5. The zero-order chi connectivity index (χ0) is 34.3. The van der Waals surface area contributed by atoms with Crippen LogP contribution in [0.5, 0.6) is 17.4 Å². The molecule has 1 saturated carbocycles. The van der Waals surface area contributed by atoms with Crippen molar-refractivity contribution in [1.29, 1.82) is 5.26 Å². The van der Waals surface area contributed by atoms with Crippen LogP contribution in [0.4, 0.5) is 5.69 Å². The van der Waals surface area contributed by atoms with Crippen molar-refractivity contribution in [3.05, 3.63) is 107 Å². The van der Waals surface area contributed by atoms with Gasteiger partial charge in [0.05, 0.1) is 11.1 Å². The summed E-state index contributed by atoms with van der Waals surface area (Å²) in [5.41, 5.74) is 3.39. The minimum Gasteiger partial charge on any atom is -0.490 e. The Kier molecular flexibility index (Phi) is 8.04. The number of anilines is 1. The number of benzene rings is 3. The lowest BCUT2D eigenvalue weighted by atomic mass is 9.78. The average Bonchev–Trinajstić information content (AvgIpc) is 3.33. The van der Waals surface area contributed by atoms with E-state index in [1.54, 1.807) is 30.3 Å². The van der Waals surface area contributed by atoms with Crippen molar-refractivity contribution in [1.82, 2.24) is 20.4 Å². The SMILES string of the molecule is CC(C)(c1ccc(Oc2ccc(C#N)nn2)cc1)c1ccc(OC2CC(Nc3ccc4c(c3)C(=O)N(C3CCC(=O)NC3=O)C4=O)C2)cc1. The number of imide groups is 2. The summed E-state index contributed by atoms with van der Waals surface area (Å²) >= 11 is 0. The fraction of sp³-hybridized carbons (Fsp3) is 0.270. The second-order valence-electron chi connectivity index (χ2n) is 12.9. The Hall–Kier alpha value is -6.09. The highest BCUT2D eigenvalue weighted by Gasteiger charge is 2.44. The van der Waals surface area contributed by atoms with E-state index >= 15 is 0 Å². The first-order valence-corrected chi connectivity index (χ1v) is 16.0. The topological polar surface area (TPSA) is 164 Å². The summed E-state index contributed by atoms with van der Waals surface area (Å²) in [7, 11) is 0. The molecule has 1 unspecified atom stereocenters. The first-order chi connectivity index (χ1) is 23.6. The normalized spacial score (nSPS) is 20.2. The molecule has 2 aliphatic heterocycles. The van der Waals surface area contributed by atoms with Crippen LogP contribution < -0.4 is 20.1 Å². The van der Waals surface area contributed by atoms with Crippen molar-refractivity contribution in [3.63, 3.8) is 0 Å². The molecule has 4 aromatic rings. The molecule has 2 fully saturated rings. The summed E-state index contributed by atoms with van der Waals surface area (Å²) < 4.78 is 12.0. The van der Waals surface area contributed by atoms with Crippen molar-refractivity contribution < 1.29 is 28.7 Å². The largest absolute Gasteiger partial charge is 0.490 e. The Balaban J connectivity index is 0.915. The number of nitriles is 1. The predicted octanol–water partition coefficient (Wildman–Crippen LogP) is 4.89. The van der Waals surface area contributed by atoms with Gasteiger partial charge in [0.15, 0.2) is 5.69 Å². The van der Waals surface area contributed by atoms with Crippen LogP contribution in [0.15, 0.2) is 78.9 Å². The summed E-state index contributed by atoms with van der Waals surface area (Å²) in [6.45, 7) is 4.31. The van der Waals surface area contributed by atoms with Gasteiger partial charge in [0.1, 0.15) is 29.7 Å². The third-order valence-electron chi connectivity index (χ3n) is 9.34. The third-order valence-corrected chi connectivity index (χ3v) is 9.34. The Morgan fingerprint density at radius 3 is 2.16 bits per heavy atom. The smallest absolute Gasteiger partial charge is 0.262 e. The van der Waals surface area contributed by atoms with E-state index in [1.165, 1.54) is 0 Å². The van der Waals surface area contributed by atoms with Crippen molar-refractivity contribution in [2.45, 2.75) is 63.1 Å². The maximum atomic E-state index is 13.1. The summed E-state index contributed by atoms with van der Waals surface area (Å²) in [6, 6.07) is 25.2. The molecule has 12 heteroatoms. The summed E-state index contributed by atoms with van der Waals surface area (Å²) in [5.74, 6) is -0.368. The molecule has 246 valence electrons. The van der Waals surface area contributed by atoms with Crippen LogP contribution >= 0.6 is 0 Å². The summed E-state index contributed by atoms with van der Waals surface area (Å²) in [6.07, 6.45) is 1.76. The van der Waals surface area contributed by atoms with Crippen LogP contribution in [0.2, 0.25) is 0 Å². The zero-order valence-corrected chi connectivity index (χ0v) is 26.8. The van der Waals surface area contributed by atoms with E-state index in [0.29, 0.717) is 17.3 Å². The van der Waals surface area contributed by atoms with Gasteiger partial charge in [0, 0.05) is 42.5 Å². The van der Waals surface area contributed by atoms with Crippen LogP contribution in [-0.4, -0.2) is 56.9 Å². The number of carbonyl (C=O) groups excluding carboxylic acids is 4. The number of nitrogens with zero attached hydrogens (tertiary/aromatic N) is 4. The van der Waals surface area contributed by atoms with E-state index in [9.17, 15) is 19.2 Å². The van der Waals surface area contributed by atoms with E-state index in [1.807, 2.05) is 42.5 Å². The van der Waals surface area contributed by atoms with Gasteiger partial charge >= 0.3 is 0 Å². The summed E-state index contributed by atoms with van der Waals surface area (Å²) in [5, 5.41) is 22.2. The molecule has 0 radical (unpaired) electrons. The van der Waals surface area contributed by atoms with E-state index in [2.05, 4.69) is 46.8 Å². The van der Waals surface area contributed by atoms with E-state index in [4.69, 9.17) is 14.7 Å². The molecule has 1 atom stereocenters. The number of fused-ring (bicyclic) bond motifs is 1. The zero-order valence-electron chi connectivity index (χ0n) is 26.8. The average molecular weight is 657 g/mol. The predicted molar refractivity (Wildman–Crippen MR) is 176 cm³/mol. The summed E-state index contributed by atoms with van der Waals surface area (Å²) in [4.78, 5) is 50.9. The van der Waals surface area contributed by atoms with Crippen molar-refractivity contribution in [2.75, 3.05) is 5.32 Å². The number of piperidine rings is 1. The standard InChI is InChI=1S/C37H32N6O6/c1-37(2,22-5-11-27(12-6-22)49-33-16-8-24(20-38)41-42-33)21-3-9-26(10-4-21)48-28-17-25(18-28)39-23-7-13-29-30(19-23)36(47)43(35(29)46)31-14-15-32(44)40-34(31)45/h3-13,16,19,25,28,31,39H,14-15,17-18H2,1-2H3,(H,40,44,45). The third kappa shape index (κ3) is 6.18. The maximum Gasteiger partial charge on any atom is 0.262 e. The van der Waals surface area contributed by atoms with Gasteiger partial charge < -0.3 is 14.8 Å². The van der Waals surface area contributed by atoms with Gasteiger partial charge in [-0.1, -0.05) is 38.1 Å². The Morgan fingerprint density at radius 2 is 1.53 bits per heavy atom. The van der Waals surface area contributed by atoms with Crippen molar-refractivity contribution in [3.8, 4) is 23.4 Å². The van der Waals surface area contributed by atoms with Crippen LogP contribution in [0.1, 0.15) is 77.1 Å². The van der Waals surface area contributed by atoms with Crippen LogP contribution in [0, 0.1) is 11.3 Å². The lowest BCUT2D eigenvalue weighted by Crippen LogP contribution is -2.54. The highest BCUT2D eigenvalue weighted by atomic mass is 16.5. The lowest BCUT2D eigenvalue weighted by Gasteiger charge is -2.36. The van der Waals surface area contributed by atoms with Gasteiger partial charge in [-0.05, 0) is 66.1 Å². The van der Waals surface area contributed by atoms with Gasteiger partial charge in [-0.25, -0.2) is 0 Å². The monoisotopic (exact) mass is 656 g/mol. The molecule has 12 nitrogen and oxygen atoms in total. The minimum absolute atomic E-state index is 0.0327. The first kappa shape index (κ1) is 31.5. The van der Waals surface area contributed by atoms with Crippen LogP contribution in [0.3, 0.4) is 0 Å². The number of nitrogens with one attached hydrogen (secondary N) is 2. The van der Waals surface area contributed by atoms with Crippen molar-refractivity contribution in [2.24, 2.45) is 0 Å². The molecule has 4 amide bonds. The number of hydrogen-bond donors (Lipinski definition) is 2. The Morgan fingerprint density at radius 1 is 0.857 bits per heavy atom. The van der Waals surface area contributed by atoms with E-state index < -0.39 is 29.7 Å². The fourth-order valence-corrected chi connectivity index (χ4v) is 6.38. The molecule has 2 N–H and O–H groups in total. The second-order valence-corrected chi connectivity index (χ2v) is 12.9. The molecule has 3 aliphatic rings. The number of carbonyl (C=O) groups is 4.